The summed E-state index contributed by atoms with van der Waals surface area (Å²) in [5.41, 5.74) is 1.01. The lowest BCUT2D eigenvalue weighted by Gasteiger charge is -2.43. The van der Waals surface area contributed by atoms with Crippen LogP contribution in [0.15, 0.2) is 18.2 Å². The summed E-state index contributed by atoms with van der Waals surface area (Å²) in [7, 11) is 3.60. The molecule has 5 nitrogen and oxygen atoms in total. The van der Waals surface area contributed by atoms with Crippen molar-refractivity contribution >= 4 is 0 Å². The van der Waals surface area contributed by atoms with Crippen molar-refractivity contribution in [2.45, 2.75) is 32.0 Å². The Balaban J connectivity index is 2.32. The number of nitrogens with one attached hydrogen (secondary N) is 1. The zero-order valence-corrected chi connectivity index (χ0v) is 12.8. The highest BCUT2D eigenvalue weighted by Gasteiger charge is 2.35. The van der Waals surface area contributed by atoms with E-state index in [0.29, 0.717) is 11.9 Å². The van der Waals surface area contributed by atoms with E-state index in [9.17, 15) is 0 Å². The first-order valence-corrected chi connectivity index (χ1v) is 7.20. The second kappa shape index (κ2) is 7.02. The molecule has 0 aromatic carbocycles. The topological polar surface area (TPSA) is 46.6 Å². The molecule has 20 heavy (non-hydrogen) atoms. The second-order valence-corrected chi connectivity index (χ2v) is 5.35. The van der Waals surface area contributed by atoms with Crippen LogP contribution in [0.3, 0.4) is 0 Å². The Morgan fingerprint density at radius 3 is 2.95 bits per heavy atom. The maximum Gasteiger partial charge on any atom is 0.213 e. The fourth-order valence-corrected chi connectivity index (χ4v) is 2.77. The molecule has 2 atom stereocenters. The van der Waals surface area contributed by atoms with Crippen LogP contribution in [0.4, 0.5) is 0 Å². The fraction of sp³-hybridized carbons (Fsp3) is 0.667. The summed E-state index contributed by atoms with van der Waals surface area (Å²) >= 11 is 0. The molecule has 1 fully saturated rings. The number of methoxy groups -OCH3 is 1. The van der Waals surface area contributed by atoms with Gasteiger partial charge in [0.25, 0.3) is 0 Å². The zero-order valence-electron chi connectivity index (χ0n) is 12.8. The number of aromatic nitrogens is 1. The molecular weight excluding hydrogens is 254 g/mol. The van der Waals surface area contributed by atoms with Crippen molar-refractivity contribution in [3.8, 4) is 5.88 Å². The van der Waals surface area contributed by atoms with Crippen LogP contribution in [0, 0.1) is 0 Å². The minimum Gasteiger partial charge on any atom is -0.481 e. The van der Waals surface area contributed by atoms with Gasteiger partial charge >= 0.3 is 0 Å². The highest BCUT2D eigenvalue weighted by atomic mass is 16.5. The van der Waals surface area contributed by atoms with Gasteiger partial charge in [-0.25, -0.2) is 4.98 Å². The summed E-state index contributed by atoms with van der Waals surface area (Å²) in [4.78, 5) is 7.06. The molecule has 2 unspecified atom stereocenters. The number of pyridine rings is 1. The third-order valence-electron chi connectivity index (χ3n) is 3.72. The average molecular weight is 279 g/mol. The lowest BCUT2D eigenvalue weighted by Crippen LogP contribution is -2.51. The van der Waals surface area contributed by atoms with E-state index in [1.807, 2.05) is 19.2 Å². The quantitative estimate of drug-likeness (QED) is 0.884. The van der Waals surface area contributed by atoms with Gasteiger partial charge < -0.3 is 14.8 Å². The summed E-state index contributed by atoms with van der Waals surface area (Å²) < 4.78 is 11.2. The van der Waals surface area contributed by atoms with Gasteiger partial charge in [-0.15, -0.1) is 0 Å². The van der Waals surface area contributed by atoms with Crippen LogP contribution in [0.1, 0.15) is 25.6 Å². The molecule has 1 aromatic heterocycles. The predicted octanol–water partition coefficient (Wildman–Crippen LogP) is 1.46. The van der Waals surface area contributed by atoms with Crippen LogP contribution in [0.5, 0.6) is 5.88 Å². The van der Waals surface area contributed by atoms with Crippen molar-refractivity contribution in [2.75, 3.05) is 33.9 Å². The van der Waals surface area contributed by atoms with Gasteiger partial charge in [0.15, 0.2) is 0 Å². The maximum absolute atomic E-state index is 5.95. The summed E-state index contributed by atoms with van der Waals surface area (Å²) in [6, 6.07) is 6.53. The van der Waals surface area contributed by atoms with Crippen molar-refractivity contribution in [3.63, 3.8) is 0 Å². The number of rotatable bonds is 5. The molecule has 1 N–H and O–H groups in total. The van der Waals surface area contributed by atoms with Crippen molar-refractivity contribution in [2.24, 2.45) is 0 Å². The Kier molecular flexibility index (Phi) is 5.34. The molecular formula is C15H25N3O2. The third-order valence-corrected chi connectivity index (χ3v) is 3.72. The molecule has 1 aliphatic heterocycles. The van der Waals surface area contributed by atoms with Crippen molar-refractivity contribution < 1.29 is 9.47 Å². The Hall–Kier alpha value is -1.17. The van der Waals surface area contributed by atoms with Crippen molar-refractivity contribution in [1.82, 2.24) is 15.2 Å². The van der Waals surface area contributed by atoms with E-state index < -0.39 is 0 Å². The number of likely N-dealkylation sites (N-methyl/N-ethyl adjacent to an activating group) is 1. The van der Waals surface area contributed by atoms with E-state index in [0.717, 1.165) is 25.4 Å². The summed E-state index contributed by atoms with van der Waals surface area (Å²) in [5, 5.41) is 3.21. The molecule has 0 saturated carbocycles. The average Bonchev–Trinajstić information content (AvgIpc) is 2.47. The number of morpholine rings is 1. The molecule has 1 saturated heterocycles. The van der Waals surface area contributed by atoms with Crippen LogP contribution in [-0.2, 0) is 4.74 Å². The summed E-state index contributed by atoms with van der Waals surface area (Å²) in [5.74, 6) is 0.653. The molecule has 0 aliphatic carbocycles. The van der Waals surface area contributed by atoms with Gasteiger partial charge in [0.05, 0.1) is 31.6 Å². The minimum absolute atomic E-state index is 0.107. The number of ether oxygens (including phenoxy) is 2. The second-order valence-electron chi connectivity index (χ2n) is 5.35. The first-order chi connectivity index (χ1) is 9.67. The normalized spacial score (nSPS) is 24.1. The Morgan fingerprint density at radius 1 is 1.50 bits per heavy atom. The molecule has 2 rings (SSSR count). The van der Waals surface area contributed by atoms with E-state index in [1.165, 1.54) is 0 Å². The lowest BCUT2D eigenvalue weighted by molar-refractivity contribution is -0.0829. The first kappa shape index (κ1) is 15.2. The Bertz CT molecular complexity index is 423. The van der Waals surface area contributed by atoms with E-state index >= 15 is 0 Å². The molecule has 112 valence electrons. The molecule has 0 radical (unpaired) electrons. The molecule has 1 aromatic rings. The fourth-order valence-electron chi connectivity index (χ4n) is 2.77. The van der Waals surface area contributed by atoms with Crippen LogP contribution in [0.2, 0.25) is 0 Å². The van der Waals surface area contributed by atoms with Crippen LogP contribution in [0.25, 0.3) is 0 Å². The lowest BCUT2D eigenvalue weighted by atomic mass is 10.0. The predicted molar refractivity (Wildman–Crippen MR) is 79.0 cm³/mol. The molecule has 1 aliphatic rings. The molecule has 0 spiro atoms. The van der Waals surface area contributed by atoms with Gasteiger partial charge in [-0.05, 0) is 27.0 Å². The van der Waals surface area contributed by atoms with E-state index in [1.54, 1.807) is 7.11 Å². The zero-order chi connectivity index (χ0) is 14.5. The monoisotopic (exact) mass is 279 g/mol. The maximum atomic E-state index is 5.95. The molecule has 0 amide bonds. The summed E-state index contributed by atoms with van der Waals surface area (Å²) in [6.07, 6.45) is 0.107. The van der Waals surface area contributed by atoms with Crippen molar-refractivity contribution in [3.05, 3.63) is 23.9 Å². The number of hydrogen-bond donors (Lipinski definition) is 1. The Labute approximate surface area is 121 Å². The first-order valence-electron chi connectivity index (χ1n) is 7.20. The van der Waals surface area contributed by atoms with Crippen LogP contribution < -0.4 is 10.1 Å². The van der Waals surface area contributed by atoms with E-state index in [2.05, 4.69) is 35.1 Å². The molecule has 5 heteroatoms. The van der Waals surface area contributed by atoms with Gasteiger partial charge in [-0.1, -0.05) is 6.07 Å². The van der Waals surface area contributed by atoms with Crippen LogP contribution in [-0.4, -0.2) is 55.9 Å². The highest BCUT2D eigenvalue weighted by Crippen LogP contribution is 2.30. The number of hydrogen-bond acceptors (Lipinski definition) is 5. The van der Waals surface area contributed by atoms with Gasteiger partial charge in [0.1, 0.15) is 0 Å². The van der Waals surface area contributed by atoms with Gasteiger partial charge in [-0.2, -0.15) is 0 Å². The summed E-state index contributed by atoms with van der Waals surface area (Å²) in [6.45, 7) is 6.95. The number of nitrogens with zero attached hydrogens (tertiary/aromatic N) is 2. The van der Waals surface area contributed by atoms with Crippen molar-refractivity contribution in [1.29, 1.82) is 0 Å². The third kappa shape index (κ3) is 3.29. The van der Waals surface area contributed by atoms with Gasteiger partial charge in [0.2, 0.25) is 5.88 Å². The van der Waals surface area contributed by atoms with Crippen LogP contribution >= 0.6 is 0 Å². The van der Waals surface area contributed by atoms with E-state index in [4.69, 9.17) is 9.47 Å². The Morgan fingerprint density at radius 2 is 2.30 bits per heavy atom. The SMILES string of the molecule is CNCC1OCCN(C(C)C)C1c1cccc(OC)n1. The minimum atomic E-state index is 0.107. The highest BCUT2D eigenvalue weighted by molar-refractivity contribution is 5.20. The van der Waals surface area contributed by atoms with Gasteiger partial charge in [-0.3, -0.25) is 4.90 Å². The smallest absolute Gasteiger partial charge is 0.213 e. The standard InChI is InChI=1S/C15H25N3O2/c1-11(2)18-8-9-20-13(10-16-3)15(18)12-6-5-7-14(17-12)19-4/h5-7,11,13,15-16H,8-10H2,1-4H3. The largest absolute Gasteiger partial charge is 0.481 e. The van der Waals surface area contributed by atoms with Gasteiger partial charge in [0, 0.05) is 25.2 Å². The van der Waals surface area contributed by atoms with E-state index in [-0.39, 0.29) is 12.1 Å². The molecule has 2 heterocycles. The molecule has 0 bridgehead atoms.